The van der Waals surface area contributed by atoms with E-state index in [1.165, 1.54) is 19.2 Å². The van der Waals surface area contributed by atoms with Gasteiger partial charge in [-0.1, -0.05) is 18.2 Å². The minimum absolute atomic E-state index is 0.125. The van der Waals surface area contributed by atoms with Gasteiger partial charge < -0.3 is 9.88 Å². The van der Waals surface area contributed by atoms with Gasteiger partial charge >= 0.3 is 0 Å². The minimum Gasteiger partial charge on any atom is -0.326 e. The van der Waals surface area contributed by atoms with Crippen molar-refractivity contribution < 1.29 is 13.2 Å². The Morgan fingerprint density at radius 3 is 2.45 bits per heavy atom. The summed E-state index contributed by atoms with van der Waals surface area (Å²) in [7, 11) is -2.15. The molecule has 0 unspecified atom stereocenters. The van der Waals surface area contributed by atoms with Gasteiger partial charge in [0, 0.05) is 23.0 Å². The molecular weight excluding hydrogens is 436 g/mol. The molecule has 2 N–H and O–H groups in total. The molecule has 0 saturated carbocycles. The fourth-order valence-electron chi connectivity index (χ4n) is 3.71. The van der Waals surface area contributed by atoms with Crippen LogP contribution in [-0.2, 0) is 21.2 Å². The average molecular weight is 459 g/mol. The Balaban J connectivity index is 1.50. The largest absolute Gasteiger partial charge is 0.326 e. The number of fused-ring (bicyclic) bond motifs is 1. The van der Waals surface area contributed by atoms with Crippen molar-refractivity contribution in [2.45, 2.75) is 18.2 Å². The van der Waals surface area contributed by atoms with Gasteiger partial charge in [-0.2, -0.15) is 5.26 Å². The van der Waals surface area contributed by atoms with E-state index >= 15 is 0 Å². The molecule has 0 saturated heterocycles. The highest BCUT2D eigenvalue weighted by Crippen LogP contribution is 2.25. The van der Waals surface area contributed by atoms with Gasteiger partial charge in [0.1, 0.15) is 0 Å². The van der Waals surface area contributed by atoms with E-state index in [1.54, 1.807) is 18.2 Å². The number of benzene rings is 3. The molecule has 33 heavy (non-hydrogen) atoms. The lowest BCUT2D eigenvalue weighted by molar-refractivity contribution is -0.115. The maximum absolute atomic E-state index is 12.5. The van der Waals surface area contributed by atoms with E-state index < -0.39 is 10.0 Å². The zero-order chi connectivity index (χ0) is 23.6. The molecule has 8 heteroatoms. The highest BCUT2D eigenvalue weighted by molar-refractivity contribution is 7.89. The van der Waals surface area contributed by atoms with Crippen molar-refractivity contribution in [3.63, 3.8) is 0 Å². The van der Waals surface area contributed by atoms with Crippen LogP contribution in [0.1, 0.15) is 16.7 Å². The first-order chi connectivity index (χ1) is 15.8. The van der Waals surface area contributed by atoms with Crippen LogP contribution in [0.5, 0.6) is 0 Å². The number of carbonyl (C=O) groups excluding carboxylic acids is 1. The molecule has 4 rings (SSSR count). The molecule has 7 nitrogen and oxygen atoms in total. The molecule has 3 aromatic carbocycles. The summed E-state index contributed by atoms with van der Waals surface area (Å²) in [5.74, 6) is -0.198. The van der Waals surface area contributed by atoms with Gasteiger partial charge in [0.25, 0.3) is 0 Å². The van der Waals surface area contributed by atoms with Crippen molar-refractivity contribution in [3.05, 3.63) is 89.6 Å². The number of nitrogens with zero attached hydrogens (tertiary/aromatic N) is 2. The van der Waals surface area contributed by atoms with Gasteiger partial charge in [-0.3, -0.25) is 4.79 Å². The molecule has 0 bridgehead atoms. The Bertz CT molecular complexity index is 1500. The number of hydrogen-bond donors (Lipinski definition) is 2. The summed E-state index contributed by atoms with van der Waals surface area (Å²) >= 11 is 0. The first-order valence-corrected chi connectivity index (χ1v) is 11.7. The van der Waals surface area contributed by atoms with E-state index in [9.17, 15) is 18.5 Å². The fraction of sp³-hybridized carbons (Fsp3) is 0.120. The summed E-state index contributed by atoms with van der Waals surface area (Å²) in [5, 5.41) is 13.1. The molecule has 0 aliphatic rings. The molecule has 0 aliphatic carbocycles. The Morgan fingerprint density at radius 2 is 1.79 bits per heavy atom. The Kier molecular flexibility index (Phi) is 6.01. The normalized spacial score (nSPS) is 11.3. The monoisotopic (exact) mass is 458 g/mol. The van der Waals surface area contributed by atoms with E-state index in [2.05, 4.69) is 16.1 Å². The number of rotatable bonds is 6. The van der Waals surface area contributed by atoms with Gasteiger partial charge in [-0.25, -0.2) is 13.1 Å². The van der Waals surface area contributed by atoms with Crippen molar-refractivity contribution in [3.8, 4) is 11.8 Å². The fourth-order valence-corrected chi connectivity index (χ4v) is 4.44. The highest BCUT2D eigenvalue weighted by Gasteiger charge is 2.12. The highest BCUT2D eigenvalue weighted by atomic mass is 32.2. The van der Waals surface area contributed by atoms with Gasteiger partial charge in [-0.05, 0) is 73.6 Å². The molecule has 1 amide bonds. The van der Waals surface area contributed by atoms with Crippen molar-refractivity contribution in [1.29, 1.82) is 5.26 Å². The van der Waals surface area contributed by atoms with Crippen molar-refractivity contribution in [1.82, 2.24) is 9.29 Å². The Morgan fingerprint density at radius 1 is 1.03 bits per heavy atom. The Labute approximate surface area is 192 Å². The second-order valence-corrected chi connectivity index (χ2v) is 9.54. The van der Waals surface area contributed by atoms with Crippen molar-refractivity contribution in [2.24, 2.45) is 0 Å². The number of anilines is 1. The van der Waals surface area contributed by atoms with Crippen molar-refractivity contribution in [2.75, 3.05) is 12.4 Å². The third-order valence-corrected chi connectivity index (χ3v) is 6.86. The number of nitriles is 1. The van der Waals surface area contributed by atoms with Crippen LogP contribution in [-0.4, -0.2) is 25.9 Å². The molecule has 0 aliphatic heterocycles. The molecule has 0 radical (unpaired) electrons. The molecule has 4 aromatic rings. The topological polar surface area (TPSA) is 104 Å². The molecule has 0 spiro atoms. The maximum Gasteiger partial charge on any atom is 0.240 e. The van der Waals surface area contributed by atoms with E-state index in [0.717, 1.165) is 22.2 Å². The van der Waals surface area contributed by atoms with Gasteiger partial charge in [0.15, 0.2) is 0 Å². The van der Waals surface area contributed by atoms with Crippen molar-refractivity contribution >= 4 is 32.5 Å². The van der Waals surface area contributed by atoms with Crippen LogP contribution in [0.25, 0.3) is 16.6 Å². The lowest BCUT2D eigenvalue weighted by atomic mass is 10.1. The zero-order valence-electron chi connectivity index (χ0n) is 18.2. The lowest BCUT2D eigenvalue weighted by Crippen LogP contribution is -2.18. The van der Waals surface area contributed by atoms with E-state index in [0.29, 0.717) is 16.8 Å². The predicted molar refractivity (Wildman–Crippen MR) is 128 cm³/mol. The van der Waals surface area contributed by atoms with Crippen LogP contribution in [0.4, 0.5) is 5.69 Å². The van der Waals surface area contributed by atoms with E-state index in [1.807, 2.05) is 54.1 Å². The van der Waals surface area contributed by atoms with Crippen LogP contribution >= 0.6 is 0 Å². The number of amides is 1. The average Bonchev–Trinajstić information content (AvgIpc) is 3.22. The lowest BCUT2D eigenvalue weighted by Gasteiger charge is -2.12. The molecule has 0 fully saturated rings. The predicted octanol–water partition coefficient (Wildman–Crippen LogP) is 3.90. The third-order valence-electron chi connectivity index (χ3n) is 5.43. The number of carbonyl (C=O) groups is 1. The molecule has 1 aromatic heterocycles. The van der Waals surface area contributed by atoms with Gasteiger partial charge in [0.05, 0.1) is 28.5 Å². The van der Waals surface area contributed by atoms with E-state index in [4.69, 9.17) is 0 Å². The summed E-state index contributed by atoms with van der Waals surface area (Å²) in [6, 6.07) is 21.6. The quantitative estimate of drug-likeness (QED) is 0.457. The van der Waals surface area contributed by atoms with Gasteiger partial charge in [-0.15, -0.1) is 0 Å². The summed E-state index contributed by atoms with van der Waals surface area (Å²) in [6.07, 6.45) is 2.09. The van der Waals surface area contributed by atoms with Crippen LogP contribution in [0.15, 0.2) is 77.8 Å². The number of nitrogens with one attached hydrogen (secondary N) is 2. The maximum atomic E-state index is 12.5. The first-order valence-electron chi connectivity index (χ1n) is 10.3. The Hall–Kier alpha value is -3.93. The zero-order valence-corrected chi connectivity index (χ0v) is 19.0. The van der Waals surface area contributed by atoms with Crippen LogP contribution in [0.3, 0.4) is 0 Å². The van der Waals surface area contributed by atoms with Crippen LogP contribution in [0, 0.1) is 18.3 Å². The van der Waals surface area contributed by atoms with Gasteiger partial charge in [0.2, 0.25) is 15.9 Å². The minimum atomic E-state index is -3.51. The molecule has 0 atom stereocenters. The molecular formula is C25H22N4O3S. The summed E-state index contributed by atoms with van der Waals surface area (Å²) in [4.78, 5) is 12.7. The van der Waals surface area contributed by atoms with E-state index in [-0.39, 0.29) is 17.2 Å². The summed E-state index contributed by atoms with van der Waals surface area (Å²) < 4.78 is 27.9. The number of sulfonamides is 1. The smallest absolute Gasteiger partial charge is 0.240 e. The molecule has 1 heterocycles. The number of hydrogen-bond acceptors (Lipinski definition) is 4. The number of aromatic nitrogens is 1. The summed E-state index contributed by atoms with van der Waals surface area (Å²) in [5.41, 5.74) is 4.85. The van der Waals surface area contributed by atoms with Crippen LogP contribution in [0.2, 0.25) is 0 Å². The first kappa shape index (κ1) is 22.3. The SMILES string of the molecule is CNS(=O)(=O)c1ccc(CC(=O)Nc2ccc(-n3ccc4ccc(C#N)cc43)c(C)c2)cc1. The second-order valence-electron chi connectivity index (χ2n) is 7.65. The third kappa shape index (κ3) is 4.65. The van der Waals surface area contributed by atoms with Crippen LogP contribution < -0.4 is 10.0 Å². The second kappa shape index (κ2) is 8.90. The number of aryl methyl sites for hydroxylation is 1. The summed E-state index contributed by atoms with van der Waals surface area (Å²) in [6.45, 7) is 1.96. The standard InChI is InChI=1S/C25H22N4O3S/c1-17-13-21(28-25(30)15-18-4-8-22(9-5-18)33(31,32)27-2)7-10-23(17)29-12-11-20-6-3-19(16-26)14-24(20)29/h3-14,27H,15H2,1-2H3,(H,28,30). The molecule has 166 valence electrons.